The summed E-state index contributed by atoms with van der Waals surface area (Å²) in [5.41, 5.74) is 3.46. The van der Waals surface area contributed by atoms with E-state index in [9.17, 15) is 4.79 Å². The molecule has 7 nitrogen and oxygen atoms in total. The molecule has 0 saturated heterocycles. The fraction of sp³-hybridized carbons (Fsp3) is 0.0769. The second-order valence-corrected chi connectivity index (χ2v) is 4.10. The zero-order valence-corrected chi connectivity index (χ0v) is 10.4. The van der Waals surface area contributed by atoms with E-state index < -0.39 is 0 Å². The first-order valence-electron chi connectivity index (χ1n) is 5.90. The zero-order valence-electron chi connectivity index (χ0n) is 10.4. The van der Waals surface area contributed by atoms with Crippen LogP contribution in [0.25, 0.3) is 0 Å². The maximum Gasteiger partial charge on any atom is 0.257 e. The third-order valence-electron chi connectivity index (χ3n) is 2.80. The van der Waals surface area contributed by atoms with Crippen molar-refractivity contribution in [3.8, 4) is 11.5 Å². The minimum atomic E-state index is -0.264. The number of nitrogens with one attached hydrogen (secondary N) is 2. The molecule has 1 aromatic carbocycles. The van der Waals surface area contributed by atoms with E-state index in [2.05, 4.69) is 15.7 Å². The summed E-state index contributed by atoms with van der Waals surface area (Å²) in [6.45, 7) is 0.199. The van der Waals surface area contributed by atoms with E-state index >= 15 is 0 Å². The van der Waals surface area contributed by atoms with Crippen molar-refractivity contribution in [3.05, 3.63) is 42.1 Å². The highest BCUT2D eigenvalue weighted by molar-refractivity contribution is 6.04. The summed E-state index contributed by atoms with van der Waals surface area (Å²) in [7, 11) is 0. The van der Waals surface area contributed by atoms with Crippen molar-refractivity contribution in [2.24, 2.45) is 5.84 Å². The molecule has 0 unspecified atom stereocenters. The van der Waals surface area contributed by atoms with Crippen LogP contribution in [-0.2, 0) is 0 Å². The second-order valence-electron chi connectivity index (χ2n) is 4.10. The van der Waals surface area contributed by atoms with Crippen LogP contribution in [0, 0.1) is 0 Å². The Balaban J connectivity index is 1.75. The summed E-state index contributed by atoms with van der Waals surface area (Å²) in [5.74, 6) is 6.72. The van der Waals surface area contributed by atoms with Crippen molar-refractivity contribution >= 4 is 17.4 Å². The number of ether oxygens (including phenoxy) is 2. The molecule has 1 aliphatic rings. The van der Waals surface area contributed by atoms with Crippen LogP contribution in [0.15, 0.2) is 36.5 Å². The van der Waals surface area contributed by atoms with Crippen LogP contribution in [0.5, 0.6) is 11.5 Å². The normalized spacial score (nSPS) is 12.1. The molecular weight excluding hydrogens is 260 g/mol. The highest BCUT2D eigenvalue weighted by Crippen LogP contribution is 2.34. The largest absolute Gasteiger partial charge is 0.454 e. The molecule has 1 aliphatic heterocycles. The molecule has 7 heteroatoms. The van der Waals surface area contributed by atoms with Gasteiger partial charge in [0.1, 0.15) is 5.82 Å². The lowest BCUT2D eigenvalue weighted by Gasteiger charge is -2.06. The lowest BCUT2D eigenvalue weighted by Crippen LogP contribution is -2.13. The Morgan fingerprint density at radius 1 is 1.20 bits per heavy atom. The Bertz CT molecular complexity index is 643. The fourth-order valence-electron chi connectivity index (χ4n) is 1.79. The quantitative estimate of drug-likeness (QED) is 0.576. The van der Waals surface area contributed by atoms with Gasteiger partial charge in [0.25, 0.3) is 5.91 Å². The number of nitrogen functional groups attached to an aromatic ring is 1. The average Bonchev–Trinajstić information content (AvgIpc) is 2.95. The molecular formula is C13H12N4O3. The van der Waals surface area contributed by atoms with Crippen molar-refractivity contribution in [1.82, 2.24) is 4.98 Å². The standard InChI is InChI=1S/C13H12N4O3/c14-17-12-4-1-8(6-15-12)13(18)16-9-2-3-10-11(5-9)20-7-19-10/h1-6H,7,14H2,(H,15,17)(H,16,18). The SMILES string of the molecule is NNc1ccc(C(=O)Nc2ccc3c(c2)OCO3)cn1. The molecule has 0 saturated carbocycles. The van der Waals surface area contributed by atoms with Crippen LogP contribution in [0.2, 0.25) is 0 Å². The van der Waals surface area contributed by atoms with Gasteiger partial charge in [-0.2, -0.15) is 0 Å². The molecule has 0 fully saturated rings. The third-order valence-corrected chi connectivity index (χ3v) is 2.80. The summed E-state index contributed by atoms with van der Waals surface area (Å²) < 4.78 is 10.5. The van der Waals surface area contributed by atoms with E-state index in [4.69, 9.17) is 15.3 Å². The number of hydrogen-bond acceptors (Lipinski definition) is 6. The van der Waals surface area contributed by atoms with E-state index in [1.165, 1.54) is 6.20 Å². The minimum absolute atomic E-state index is 0.199. The van der Waals surface area contributed by atoms with Crippen molar-refractivity contribution in [2.75, 3.05) is 17.5 Å². The first-order valence-corrected chi connectivity index (χ1v) is 5.90. The number of pyridine rings is 1. The Labute approximate surface area is 114 Å². The Hall–Kier alpha value is -2.80. The van der Waals surface area contributed by atoms with Gasteiger partial charge in [0.05, 0.1) is 5.56 Å². The molecule has 1 aromatic heterocycles. The van der Waals surface area contributed by atoms with Crippen LogP contribution in [-0.4, -0.2) is 17.7 Å². The molecule has 2 aromatic rings. The van der Waals surface area contributed by atoms with Gasteiger partial charge < -0.3 is 20.2 Å². The van der Waals surface area contributed by atoms with Gasteiger partial charge in [0, 0.05) is 18.0 Å². The van der Waals surface area contributed by atoms with Crippen molar-refractivity contribution in [1.29, 1.82) is 0 Å². The van der Waals surface area contributed by atoms with Gasteiger partial charge in [0.2, 0.25) is 6.79 Å². The lowest BCUT2D eigenvalue weighted by atomic mass is 10.2. The maximum absolute atomic E-state index is 12.0. The second kappa shape index (κ2) is 5.06. The van der Waals surface area contributed by atoms with Gasteiger partial charge in [-0.25, -0.2) is 10.8 Å². The number of amides is 1. The number of hydrazine groups is 1. The van der Waals surface area contributed by atoms with Crippen molar-refractivity contribution < 1.29 is 14.3 Å². The summed E-state index contributed by atoms with van der Waals surface area (Å²) in [6.07, 6.45) is 1.44. The molecule has 4 N–H and O–H groups in total. The highest BCUT2D eigenvalue weighted by Gasteiger charge is 2.14. The molecule has 1 amide bonds. The van der Waals surface area contributed by atoms with Crippen molar-refractivity contribution in [3.63, 3.8) is 0 Å². The molecule has 0 atom stereocenters. The smallest absolute Gasteiger partial charge is 0.257 e. The van der Waals surface area contributed by atoms with Crippen LogP contribution in [0.1, 0.15) is 10.4 Å². The summed E-state index contributed by atoms with van der Waals surface area (Å²) in [4.78, 5) is 16.0. The number of fused-ring (bicyclic) bond motifs is 1. The van der Waals surface area contributed by atoms with E-state index in [0.717, 1.165) is 0 Å². The minimum Gasteiger partial charge on any atom is -0.454 e. The molecule has 0 bridgehead atoms. The highest BCUT2D eigenvalue weighted by atomic mass is 16.7. The van der Waals surface area contributed by atoms with E-state index in [1.807, 2.05) is 0 Å². The monoisotopic (exact) mass is 272 g/mol. The van der Waals surface area contributed by atoms with Gasteiger partial charge in [-0.15, -0.1) is 0 Å². The molecule has 0 radical (unpaired) electrons. The predicted molar refractivity (Wildman–Crippen MR) is 72.6 cm³/mol. The Morgan fingerprint density at radius 3 is 2.80 bits per heavy atom. The molecule has 20 heavy (non-hydrogen) atoms. The Kier molecular flexibility index (Phi) is 3.10. The van der Waals surface area contributed by atoms with Crippen LogP contribution in [0.3, 0.4) is 0 Å². The van der Waals surface area contributed by atoms with Gasteiger partial charge in [-0.1, -0.05) is 0 Å². The predicted octanol–water partition coefficient (Wildman–Crippen LogP) is 1.35. The number of hydrogen-bond donors (Lipinski definition) is 3. The van der Waals surface area contributed by atoms with Gasteiger partial charge in [-0.05, 0) is 24.3 Å². The number of nitrogens with zero attached hydrogens (tertiary/aromatic N) is 1. The Morgan fingerprint density at radius 2 is 2.05 bits per heavy atom. The van der Waals surface area contributed by atoms with E-state index in [0.29, 0.717) is 28.6 Å². The molecule has 2 heterocycles. The summed E-state index contributed by atoms with van der Waals surface area (Å²) in [5, 5.41) is 2.76. The van der Waals surface area contributed by atoms with Crippen LogP contribution >= 0.6 is 0 Å². The van der Waals surface area contributed by atoms with Crippen molar-refractivity contribution in [2.45, 2.75) is 0 Å². The molecule has 0 spiro atoms. The van der Waals surface area contributed by atoms with Gasteiger partial charge >= 0.3 is 0 Å². The average molecular weight is 272 g/mol. The maximum atomic E-state index is 12.0. The zero-order chi connectivity index (χ0) is 13.9. The first kappa shape index (κ1) is 12.2. The van der Waals surface area contributed by atoms with E-state index in [1.54, 1.807) is 30.3 Å². The van der Waals surface area contributed by atoms with Gasteiger partial charge in [-0.3, -0.25) is 4.79 Å². The summed E-state index contributed by atoms with van der Waals surface area (Å²) in [6, 6.07) is 8.45. The lowest BCUT2D eigenvalue weighted by molar-refractivity contribution is 0.102. The first-order chi connectivity index (χ1) is 9.76. The number of anilines is 2. The third kappa shape index (κ3) is 2.34. The summed E-state index contributed by atoms with van der Waals surface area (Å²) >= 11 is 0. The number of carbonyl (C=O) groups is 1. The number of aromatic nitrogens is 1. The van der Waals surface area contributed by atoms with Gasteiger partial charge in [0.15, 0.2) is 11.5 Å². The molecule has 102 valence electrons. The van der Waals surface area contributed by atoms with E-state index in [-0.39, 0.29) is 12.7 Å². The number of rotatable bonds is 3. The number of benzene rings is 1. The molecule has 0 aliphatic carbocycles. The van der Waals surface area contributed by atoms with Crippen LogP contribution < -0.4 is 26.1 Å². The number of nitrogens with two attached hydrogens (primary N) is 1. The van der Waals surface area contributed by atoms with Crippen LogP contribution in [0.4, 0.5) is 11.5 Å². The topological polar surface area (TPSA) is 98.5 Å². The fourth-order valence-corrected chi connectivity index (χ4v) is 1.79. The molecule has 3 rings (SSSR count). The number of carbonyl (C=O) groups excluding carboxylic acids is 1.